The lowest BCUT2D eigenvalue weighted by Gasteiger charge is -2.19. The first-order valence-corrected chi connectivity index (χ1v) is 5.71. The molecule has 1 saturated heterocycles. The van der Waals surface area contributed by atoms with Gasteiger partial charge in [0.25, 0.3) is 0 Å². The van der Waals surface area contributed by atoms with Gasteiger partial charge >= 0.3 is 0 Å². The number of amidine groups is 1. The third kappa shape index (κ3) is 1.97. The molecule has 5 heteroatoms. The Labute approximate surface area is 99.9 Å². The topological polar surface area (TPSA) is 66.0 Å². The molecule has 1 aliphatic rings. The van der Waals surface area contributed by atoms with Crippen molar-refractivity contribution >= 4 is 23.3 Å². The van der Waals surface area contributed by atoms with Gasteiger partial charge in [-0.2, -0.15) is 0 Å². The highest BCUT2D eigenvalue weighted by Gasteiger charge is 2.23. The zero-order valence-corrected chi connectivity index (χ0v) is 9.96. The molecule has 1 aliphatic heterocycles. The third-order valence-corrected chi connectivity index (χ3v) is 3.26. The average molecular weight is 239 g/mol. The van der Waals surface area contributed by atoms with Crippen molar-refractivity contribution in [3.8, 4) is 0 Å². The summed E-state index contributed by atoms with van der Waals surface area (Å²) in [5, 5.41) is 7.92. The number of aromatic nitrogens is 1. The van der Waals surface area contributed by atoms with Gasteiger partial charge in [0, 0.05) is 24.8 Å². The number of rotatable bonds is 2. The molecule has 4 nitrogen and oxygen atoms in total. The van der Waals surface area contributed by atoms with Crippen LogP contribution in [0.1, 0.15) is 18.9 Å². The van der Waals surface area contributed by atoms with Gasteiger partial charge in [0.1, 0.15) is 11.7 Å². The molecule has 1 aromatic heterocycles. The maximum absolute atomic E-state index is 7.43. The second kappa shape index (κ2) is 4.29. The minimum Gasteiger partial charge on any atom is -0.384 e. The fourth-order valence-corrected chi connectivity index (χ4v) is 2.32. The normalized spacial score (nSPS) is 20.1. The molecule has 0 aromatic carbocycles. The standard InChI is InChI=1S/C11H15ClN4/c1-7-3-5-16(6-7)11-9(12)8(10(13)14)2-4-15-11/h2,4,7H,3,5-6H2,1H3,(H3,13,14). The number of halogens is 1. The first-order valence-electron chi connectivity index (χ1n) is 5.33. The predicted molar refractivity (Wildman–Crippen MR) is 66.3 cm³/mol. The van der Waals surface area contributed by atoms with Crippen molar-refractivity contribution in [2.75, 3.05) is 18.0 Å². The average Bonchev–Trinajstić information content (AvgIpc) is 2.64. The van der Waals surface area contributed by atoms with E-state index in [0.717, 1.165) is 25.3 Å². The molecule has 0 aliphatic carbocycles. The summed E-state index contributed by atoms with van der Waals surface area (Å²) in [6.07, 6.45) is 2.81. The van der Waals surface area contributed by atoms with E-state index in [1.54, 1.807) is 12.3 Å². The van der Waals surface area contributed by atoms with E-state index in [-0.39, 0.29) is 5.84 Å². The lowest BCUT2D eigenvalue weighted by atomic mass is 10.2. The number of pyridine rings is 1. The van der Waals surface area contributed by atoms with Crippen LogP contribution in [0, 0.1) is 11.3 Å². The maximum atomic E-state index is 7.43. The van der Waals surface area contributed by atoms with Crippen LogP contribution in [0.15, 0.2) is 12.3 Å². The Bertz CT molecular complexity index is 418. The van der Waals surface area contributed by atoms with Crippen LogP contribution < -0.4 is 10.6 Å². The highest BCUT2D eigenvalue weighted by atomic mass is 35.5. The number of nitrogen functional groups attached to an aromatic ring is 1. The van der Waals surface area contributed by atoms with Crippen molar-refractivity contribution in [1.29, 1.82) is 5.41 Å². The molecule has 0 spiro atoms. The quantitative estimate of drug-likeness (QED) is 0.611. The van der Waals surface area contributed by atoms with E-state index in [1.165, 1.54) is 0 Å². The van der Waals surface area contributed by atoms with Gasteiger partial charge in [0.2, 0.25) is 0 Å². The van der Waals surface area contributed by atoms with Gasteiger partial charge in [-0.15, -0.1) is 0 Å². The van der Waals surface area contributed by atoms with Crippen LogP contribution in [0.4, 0.5) is 5.82 Å². The van der Waals surface area contributed by atoms with Crippen LogP contribution in [-0.2, 0) is 0 Å². The van der Waals surface area contributed by atoms with Crippen molar-refractivity contribution in [3.05, 3.63) is 22.8 Å². The summed E-state index contributed by atoms with van der Waals surface area (Å²) in [5.74, 6) is 1.40. The molecule has 16 heavy (non-hydrogen) atoms. The van der Waals surface area contributed by atoms with E-state index < -0.39 is 0 Å². The fraction of sp³-hybridized carbons (Fsp3) is 0.455. The fourth-order valence-electron chi connectivity index (χ4n) is 1.99. The van der Waals surface area contributed by atoms with E-state index in [9.17, 15) is 0 Å². The number of hydrogen-bond acceptors (Lipinski definition) is 3. The first-order chi connectivity index (χ1) is 7.59. The zero-order valence-electron chi connectivity index (χ0n) is 9.20. The summed E-state index contributed by atoms with van der Waals surface area (Å²) in [6.45, 7) is 4.14. The summed E-state index contributed by atoms with van der Waals surface area (Å²) in [6, 6.07) is 1.67. The largest absolute Gasteiger partial charge is 0.384 e. The molecule has 1 unspecified atom stereocenters. The van der Waals surface area contributed by atoms with Crippen molar-refractivity contribution in [2.24, 2.45) is 11.7 Å². The van der Waals surface area contributed by atoms with E-state index in [1.807, 2.05) is 0 Å². The molecular formula is C11H15ClN4. The van der Waals surface area contributed by atoms with E-state index in [2.05, 4.69) is 16.8 Å². The van der Waals surface area contributed by atoms with Gasteiger partial charge in [-0.05, 0) is 18.4 Å². The SMILES string of the molecule is CC1CCN(c2nccc(C(=N)N)c2Cl)C1. The Morgan fingerprint density at radius 3 is 3.00 bits per heavy atom. The maximum Gasteiger partial charge on any atom is 0.148 e. The van der Waals surface area contributed by atoms with Crippen LogP contribution in [-0.4, -0.2) is 23.9 Å². The van der Waals surface area contributed by atoms with Crippen molar-refractivity contribution in [1.82, 2.24) is 4.98 Å². The highest BCUT2D eigenvalue weighted by molar-refractivity contribution is 6.36. The molecule has 0 bridgehead atoms. The molecule has 1 fully saturated rings. The molecule has 0 saturated carbocycles. The lowest BCUT2D eigenvalue weighted by molar-refractivity contribution is 0.659. The predicted octanol–water partition coefficient (Wildman–Crippen LogP) is 1.87. The lowest BCUT2D eigenvalue weighted by Crippen LogP contribution is -2.22. The molecular weight excluding hydrogens is 224 g/mol. The molecule has 0 radical (unpaired) electrons. The molecule has 1 aromatic rings. The Balaban J connectivity index is 2.34. The van der Waals surface area contributed by atoms with Crippen LogP contribution in [0.25, 0.3) is 0 Å². The molecule has 2 rings (SSSR count). The van der Waals surface area contributed by atoms with Gasteiger partial charge in [-0.3, -0.25) is 5.41 Å². The monoisotopic (exact) mass is 238 g/mol. The van der Waals surface area contributed by atoms with Crippen molar-refractivity contribution in [2.45, 2.75) is 13.3 Å². The zero-order chi connectivity index (χ0) is 11.7. The summed E-state index contributed by atoms with van der Waals surface area (Å²) in [5.41, 5.74) is 6.02. The summed E-state index contributed by atoms with van der Waals surface area (Å²) in [7, 11) is 0. The van der Waals surface area contributed by atoms with Crippen molar-refractivity contribution < 1.29 is 0 Å². The molecule has 86 valence electrons. The number of nitrogens with two attached hydrogens (primary N) is 1. The van der Waals surface area contributed by atoms with Gasteiger partial charge in [0.15, 0.2) is 0 Å². The van der Waals surface area contributed by atoms with Crippen molar-refractivity contribution in [3.63, 3.8) is 0 Å². The molecule has 0 amide bonds. The first kappa shape index (κ1) is 11.2. The second-order valence-corrected chi connectivity index (χ2v) is 4.63. The smallest absolute Gasteiger partial charge is 0.148 e. The minimum absolute atomic E-state index is 0.0131. The van der Waals surface area contributed by atoms with E-state index in [0.29, 0.717) is 16.5 Å². The van der Waals surface area contributed by atoms with Crippen LogP contribution in [0.3, 0.4) is 0 Å². The Morgan fingerprint density at radius 2 is 2.44 bits per heavy atom. The Kier molecular flexibility index (Phi) is 3.01. The third-order valence-electron chi connectivity index (χ3n) is 2.88. The van der Waals surface area contributed by atoms with Gasteiger partial charge in [0.05, 0.1) is 5.02 Å². The Hall–Kier alpha value is -1.29. The number of hydrogen-bond donors (Lipinski definition) is 2. The highest BCUT2D eigenvalue weighted by Crippen LogP contribution is 2.30. The van der Waals surface area contributed by atoms with E-state index >= 15 is 0 Å². The summed E-state index contributed by atoms with van der Waals surface area (Å²) >= 11 is 6.21. The van der Waals surface area contributed by atoms with Gasteiger partial charge < -0.3 is 10.6 Å². The number of nitrogens with one attached hydrogen (secondary N) is 1. The Morgan fingerprint density at radius 1 is 1.69 bits per heavy atom. The van der Waals surface area contributed by atoms with Gasteiger partial charge in [-0.25, -0.2) is 4.98 Å². The second-order valence-electron chi connectivity index (χ2n) is 4.25. The molecule has 1 atom stereocenters. The molecule has 2 heterocycles. The van der Waals surface area contributed by atoms with Gasteiger partial charge in [-0.1, -0.05) is 18.5 Å². The molecule has 3 N–H and O–H groups in total. The van der Waals surface area contributed by atoms with Crippen LogP contribution in [0.2, 0.25) is 5.02 Å². The van der Waals surface area contributed by atoms with Crippen LogP contribution in [0.5, 0.6) is 0 Å². The number of nitrogens with zero attached hydrogens (tertiary/aromatic N) is 2. The summed E-state index contributed by atoms with van der Waals surface area (Å²) in [4.78, 5) is 6.43. The van der Waals surface area contributed by atoms with E-state index in [4.69, 9.17) is 22.7 Å². The minimum atomic E-state index is -0.0131. The summed E-state index contributed by atoms with van der Waals surface area (Å²) < 4.78 is 0. The van der Waals surface area contributed by atoms with Crippen LogP contribution >= 0.6 is 11.6 Å². The number of anilines is 1.